The SMILES string of the molecule is CC1CCCC(NC(=O)COC(=O)c2ccc(OCC(=O)N3C(C)CCCC3C)cc2)C1C. The Balaban J connectivity index is 1.43. The van der Waals surface area contributed by atoms with Crippen molar-refractivity contribution in [3.05, 3.63) is 29.8 Å². The molecule has 0 spiro atoms. The van der Waals surface area contributed by atoms with Gasteiger partial charge in [-0.2, -0.15) is 0 Å². The van der Waals surface area contributed by atoms with E-state index in [9.17, 15) is 14.4 Å². The van der Waals surface area contributed by atoms with Crippen LogP contribution in [0.25, 0.3) is 0 Å². The van der Waals surface area contributed by atoms with E-state index < -0.39 is 5.97 Å². The first-order valence-corrected chi connectivity index (χ1v) is 12.3. The number of amides is 2. The normalized spacial score (nSPS) is 27.5. The maximum atomic E-state index is 12.6. The molecule has 1 saturated carbocycles. The minimum Gasteiger partial charge on any atom is -0.484 e. The first-order chi connectivity index (χ1) is 15.8. The molecule has 0 aromatic heterocycles. The van der Waals surface area contributed by atoms with Crippen molar-refractivity contribution in [2.45, 2.75) is 84.3 Å². The summed E-state index contributed by atoms with van der Waals surface area (Å²) in [7, 11) is 0. The highest BCUT2D eigenvalue weighted by atomic mass is 16.5. The topological polar surface area (TPSA) is 84.9 Å². The van der Waals surface area contributed by atoms with Crippen LogP contribution in [0.1, 0.15) is 76.6 Å². The predicted molar refractivity (Wildman–Crippen MR) is 126 cm³/mol. The Morgan fingerprint density at radius 1 is 0.909 bits per heavy atom. The molecule has 0 bridgehead atoms. The highest BCUT2D eigenvalue weighted by Crippen LogP contribution is 2.29. The molecular weight excluding hydrogens is 420 g/mol. The Hall–Kier alpha value is -2.57. The number of hydrogen-bond donors (Lipinski definition) is 1. The van der Waals surface area contributed by atoms with E-state index in [-0.39, 0.29) is 43.2 Å². The summed E-state index contributed by atoms with van der Waals surface area (Å²) in [4.78, 5) is 39.0. The van der Waals surface area contributed by atoms with Crippen LogP contribution in [-0.2, 0) is 14.3 Å². The smallest absolute Gasteiger partial charge is 0.338 e. The van der Waals surface area contributed by atoms with E-state index in [0.29, 0.717) is 23.1 Å². The van der Waals surface area contributed by atoms with Crippen molar-refractivity contribution in [3.8, 4) is 5.75 Å². The van der Waals surface area contributed by atoms with Gasteiger partial charge in [0.25, 0.3) is 11.8 Å². The van der Waals surface area contributed by atoms with Crippen LogP contribution in [0.3, 0.4) is 0 Å². The summed E-state index contributed by atoms with van der Waals surface area (Å²) in [5.41, 5.74) is 0.333. The number of esters is 1. The molecule has 1 saturated heterocycles. The number of carbonyl (C=O) groups is 3. The van der Waals surface area contributed by atoms with Crippen LogP contribution >= 0.6 is 0 Å². The molecule has 1 aromatic carbocycles. The van der Waals surface area contributed by atoms with Gasteiger partial charge in [-0.15, -0.1) is 0 Å². The fourth-order valence-corrected chi connectivity index (χ4v) is 5.07. The quantitative estimate of drug-likeness (QED) is 0.626. The largest absolute Gasteiger partial charge is 0.484 e. The summed E-state index contributed by atoms with van der Waals surface area (Å²) < 4.78 is 10.8. The average Bonchev–Trinajstić information content (AvgIpc) is 2.79. The molecule has 1 N–H and O–H groups in total. The van der Waals surface area contributed by atoms with Gasteiger partial charge in [-0.05, 0) is 75.6 Å². The summed E-state index contributed by atoms with van der Waals surface area (Å²) in [6.07, 6.45) is 6.43. The minimum atomic E-state index is -0.561. The van der Waals surface area contributed by atoms with Crippen molar-refractivity contribution in [2.75, 3.05) is 13.2 Å². The van der Waals surface area contributed by atoms with E-state index in [1.807, 2.05) is 4.90 Å². The van der Waals surface area contributed by atoms with E-state index in [2.05, 4.69) is 33.0 Å². The van der Waals surface area contributed by atoms with Gasteiger partial charge < -0.3 is 19.7 Å². The molecule has 1 aliphatic heterocycles. The fourth-order valence-electron chi connectivity index (χ4n) is 5.07. The van der Waals surface area contributed by atoms with Gasteiger partial charge in [0.2, 0.25) is 0 Å². The third-order valence-electron chi connectivity index (χ3n) is 7.32. The summed E-state index contributed by atoms with van der Waals surface area (Å²) in [6, 6.07) is 7.02. The van der Waals surface area contributed by atoms with Crippen LogP contribution in [0.2, 0.25) is 0 Å². The van der Waals surface area contributed by atoms with Gasteiger partial charge in [0.15, 0.2) is 13.2 Å². The number of carbonyl (C=O) groups excluding carboxylic acids is 3. The van der Waals surface area contributed by atoms with Crippen molar-refractivity contribution in [1.29, 1.82) is 0 Å². The molecule has 2 aliphatic rings. The summed E-state index contributed by atoms with van der Waals surface area (Å²) in [5.74, 6) is 0.650. The Bertz CT molecular complexity index is 814. The highest BCUT2D eigenvalue weighted by Gasteiger charge is 2.29. The van der Waals surface area contributed by atoms with Crippen LogP contribution in [-0.4, -0.2) is 54.0 Å². The molecule has 182 valence electrons. The van der Waals surface area contributed by atoms with E-state index in [1.54, 1.807) is 24.3 Å². The molecule has 5 unspecified atom stereocenters. The fraction of sp³-hybridized carbons (Fsp3) is 0.654. The lowest BCUT2D eigenvalue weighted by molar-refractivity contribution is -0.139. The lowest BCUT2D eigenvalue weighted by atomic mass is 9.78. The molecule has 3 rings (SSSR count). The molecule has 1 aliphatic carbocycles. The Morgan fingerprint density at radius 2 is 1.55 bits per heavy atom. The molecule has 7 heteroatoms. The number of nitrogens with zero attached hydrogens (tertiary/aromatic N) is 1. The first kappa shape index (κ1) is 25.1. The van der Waals surface area contributed by atoms with Crippen molar-refractivity contribution < 1.29 is 23.9 Å². The van der Waals surface area contributed by atoms with Gasteiger partial charge in [0, 0.05) is 18.1 Å². The van der Waals surface area contributed by atoms with Gasteiger partial charge >= 0.3 is 5.97 Å². The van der Waals surface area contributed by atoms with E-state index in [4.69, 9.17) is 9.47 Å². The Labute approximate surface area is 197 Å². The number of rotatable bonds is 7. The Morgan fingerprint density at radius 3 is 2.21 bits per heavy atom. The number of hydrogen-bond acceptors (Lipinski definition) is 5. The number of nitrogens with one attached hydrogen (secondary N) is 1. The van der Waals surface area contributed by atoms with Gasteiger partial charge in [-0.1, -0.05) is 26.7 Å². The summed E-state index contributed by atoms with van der Waals surface area (Å²) >= 11 is 0. The molecule has 7 nitrogen and oxygen atoms in total. The second-order valence-corrected chi connectivity index (χ2v) is 9.76. The summed E-state index contributed by atoms with van der Waals surface area (Å²) in [6.45, 7) is 8.19. The van der Waals surface area contributed by atoms with Crippen LogP contribution in [0, 0.1) is 11.8 Å². The third kappa shape index (κ3) is 6.71. The maximum Gasteiger partial charge on any atom is 0.338 e. The lowest BCUT2D eigenvalue weighted by Crippen LogP contribution is -2.49. The van der Waals surface area contributed by atoms with Gasteiger partial charge in [-0.3, -0.25) is 9.59 Å². The number of piperidine rings is 1. The minimum absolute atomic E-state index is 0.0223. The summed E-state index contributed by atoms with van der Waals surface area (Å²) in [5, 5.41) is 3.00. The first-order valence-electron chi connectivity index (χ1n) is 12.3. The zero-order valence-electron chi connectivity index (χ0n) is 20.3. The molecule has 1 aromatic rings. The highest BCUT2D eigenvalue weighted by molar-refractivity contribution is 5.91. The number of ether oxygens (including phenoxy) is 2. The van der Waals surface area contributed by atoms with Gasteiger partial charge in [-0.25, -0.2) is 4.79 Å². The molecule has 33 heavy (non-hydrogen) atoms. The number of likely N-dealkylation sites (tertiary alicyclic amines) is 1. The molecular formula is C26H38N2O5. The molecule has 2 fully saturated rings. The van der Waals surface area contributed by atoms with Crippen molar-refractivity contribution in [3.63, 3.8) is 0 Å². The Kier molecular flexibility index (Phi) is 8.75. The van der Waals surface area contributed by atoms with E-state index in [1.165, 1.54) is 6.42 Å². The van der Waals surface area contributed by atoms with Gasteiger partial charge in [0.1, 0.15) is 5.75 Å². The van der Waals surface area contributed by atoms with E-state index >= 15 is 0 Å². The van der Waals surface area contributed by atoms with E-state index in [0.717, 1.165) is 32.1 Å². The third-order valence-corrected chi connectivity index (χ3v) is 7.32. The van der Waals surface area contributed by atoms with Crippen LogP contribution in [0.5, 0.6) is 5.75 Å². The monoisotopic (exact) mass is 458 g/mol. The predicted octanol–water partition coefficient (Wildman–Crippen LogP) is 3.95. The molecule has 5 atom stereocenters. The van der Waals surface area contributed by atoms with Crippen LogP contribution < -0.4 is 10.1 Å². The second-order valence-electron chi connectivity index (χ2n) is 9.76. The second kappa shape index (κ2) is 11.5. The van der Waals surface area contributed by atoms with Crippen molar-refractivity contribution >= 4 is 17.8 Å². The number of benzene rings is 1. The molecule has 1 heterocycles. The molecule has 2 amide bonds. The van der Waals surface area contributed by atoms with Crippen molar-refractivity contribution in [1.82, 2.24) is 10.2 Å². The lowest BCUT2D eigenvalue weighted by Gasteiger charge is -2.38. The molecule has 0 radical (unpaired) electrons. The van der Waals surface area contributed by atoms with Crippen LogP contribution in [0.15, 0.2) is 24.3 Å². The van der Waals surface area contributed by atoms with Crippen LogP contribution in [0.4, 0.5) is 0 Å². The van der Waals surface area contributed by atoms with Crippen molar-refractivity contribution in [2.24, 2.45) is 11.8 Å². The zero-order chi connectivity index (χ0) is 24.0. The standard InChI is InChI=1S/C26H38N2O5/c1-17-7-5-10-23(20(17)4)27-24(29)15-33-26(31)21-11-13-22(14-12-21)32-16-25(30)28-18(2)8-6-9-19(28)3/h11-14,17-20,23H,5-10,15-16H2,1-4H3,(H,27,29). The zero-order valence-corrected chi connectivity index (χ0v) is 20.3. The average molecular weight is 459 g/mol. The van der Waals surface area contributed by atoms with Gasteiger partial charge in [0.05, 0.1) is 5.56 Å². The maximum absolute atomic E-state index is 12.6.